The maximum atomic E-state index is 12.1. The van der Waals surface area contributed by atoms with Crippen LogP contribution in [0.5, 0.6) is 0 Å². The Labute approximate surface area is 162 Å². The molecule has 0 unspecified atom stereocenters. The molecule has 1 aliphatic rings. The fourth-order valence-electron chi connectivity index (χ4n) is 3.02. The molecule has 2 aromatic carbocycles. The number of carbonyl (C=O) groups excluding carboxylic acids is 1. The molecule has 0 bridgehead atoms. The van der Waals surface area contributed by atoms with Crippen molar-refractivity contribution in [1.82, 2.24) is 4.90 Å². The molecule has 27 heavy (non-hydrogen) atoms. The first-order chi connectivity index (χ1) is 13.0. The fraction of sp³-hybridized carbons (Fsp3) is 0.250. The Kier molecular flexibility index (Phi) is 6.21. The molecule has 0 saturated carbocycles. The zero-order valence-corrected chi connectivity index (χ0v) is 15.5. The first-order valence-electron chi connectivity index (χ1n) is 8.75. The van der Waals surface area contributed by atoms with Crippen LogP contribution in [-0.2, 0) is 11.3 Å². The molecule has 2 aromatic rings. The normalized spacial score (nSPS) is 14.6. The predicted molar refractivity (Wildman–Crippen MR) is 107 cm³/mol. The highest BCUT2D eigenvalue weighted by Gasteiger charge is 2.12. The van der Waals surface area contributed by atoms with Crippen molar-refractivity contribution < 1.29 is 9.72 Å². The zero-order valence-electron chi connectivity index (χ0n) is 14.7. The van der Waals surface area contributed by atoms with Crippen molar-refractivity contribution in [2.24, 2.45) is 0 Å². The van der Waals surface area contributed by atoms with Gasteiger partial charge in [-0.15, -0.1) is 0 Å². The van der Waals surface area contributed by atoms with Crippen molar-refractivity contribution in [3.8, 4) is 0 Å². The minimum absolute atomic E-state index is 0.0654. The van der Waals surface area contributed by atoms with Crippen molar-refractivity contribution in [2.45, 2.75) is 19.4 Å². The summed E-state index contributed by atoms with van der Waals surface area (Å²) in [5, 5.41) is 13.8. The molecular weight excluding hydrogens is 366 g/mol. The average molecular weight is 386 g/mol. The van der Waals surface area contributed by atoms with E-state index < -0.39 is 4.92 Å². The summed E-state index contributed by atoms with van der Waals surface area (Å²) < 4.78 is 0. The average Bonchev–Trinajstić information content (AvgIpc) is 3.15. The van der Waals surface area contributed by atoms with Crippen LogP contribution in [0, 0.1) is 10.1 Å². The van der Waals surface area contributed by atoms with Gasteiger partial charge in [0, 0.05) is 24.4 Å². The Morgan fingerprint density at radius 3 is 2.56 bits per heavy atom. The molecule has 1 heterocycles. The lowest BCUT2D eigenvalue weighted by Crippen LogP contribution is -2.18. The SMILES string of the molecule is O=C(/C=C/c1ccc(Cl)c([N+](=O)[O-])c1)Nc1ccc(CN2CCCC2)cc1. The zero-order chi connectivity index (χ0) is 19.2. The van der Waals surface area contributed by atoms with Crippen LogP contribution < -0.4 is 5.32 Å². The van der Waals surface area contributed by atoms with E-state index in [1.165, 1.54) is 42.7 Å². The number of carbonyl (C=O) groups is 1. The Morgan fingerprint density at radius 2 is 1.89 bits per heavy atom. The number of benzene rings is 2. The minimum atomic E-state index is -0.552. The second-order valence-electron chi connectivity index (χ2n) is 6.47. The summed E-state index contributed by atoms with van der Waals surface area (Å²) in [6.45, 7) is 3.22. The van der Waals surface area contributed by atoms with Gasteiger partial charge in [0.15, 0.2) is 0 Å². The predicted octanol–water partition coefficient (Wildman–Crippen LogP) is 4.50. The standard InChI is InChI=1S/C20H20ClN3O3/c21-18-9-5-15(13-19(18)24(26)27)6-10-20(25)22-17-7-3-16(4-8-17)14-23-11-1-2-12-23/h3-10,13H,1-2,11-12,14H2,(H,22,25)/b10-6+. The minimum Gasteiger partial charge on any atom is -0.323 e. The smallest absolute Gasteiger partial charge is 0.288 e. The summed E-state index contributed by atoms with van der Waals surface area (Å²) in [7, 11) is 0. The van der Waals surface area contributed by atoms with Gasteiger partial charge in [-0.2, -0.15) is 0 Å². The van der Waals surface area contributed by atoms with Gasteiger partial charge < -0.3 is 5.32 Å². The van der Waals surface area contributed by atoms with Crippen molar-refractivity contribution in [3.63, 3.8) is 0 Å². The third-order valence-corrected chi connectivity index (χ3v) is 4.74. The van der Waals surface area contributed by atoms with Crippen LogP contribution >= 0.6 is 11.6 Å². The lowest BCUT2D eigenvalue weighted by molar-refractivity contribution is -0.384. The van der Waals surface area contributed by atoms with Crippen LogP contribution in [0.25, 0.3) is 6.08 Å². The van der Waals surface area contributed by atoms with Crippen molar-refractivity contribution in [2.75, 3.05) is 18.4 Å². The van der Waals surface area contributed by atoms with E-state index in [4.69, 9.17) is 11.6 Å². The van der Waals surface area contributed by atoms with E-state index in [-0.39, 0.29) is 16.6 Å². The Morgan fingerprint density at radius 1 is 1.19 bits per heavy atom. The van der Waals surface area contributed by atoms with E-state index in [9.17, 15) is 14.9 Å². The van der Waals surface area contributed by atoms with Gasteiger partial charge in [0.25, 0.3) is 5.69 Å². The molecule has 6 nitrogen and oxygen atoms in total. The lowest BCUT2D eigenvalue weighted by Gasteiger charge is -2.14. The second-order valence-corrected chi connectivity index (χ2v) is 6.88. The van der Waals surface area contributed by atoms with E-state index in [1.807, 2.05) is 24.3 Å². The first-order valence-corrected chi connectivity index (χ1v) is 9.13. The van der Waals surface area contributed by atoms with Gasteiger partial charge in [0.05, 0.1) is 4.92 Å². The molecule has 0 aromatic heterocycles. The molecule has 0 aliphatic carbocycles. The maximum Gasteiger partial charge on any atom is 0.288 e. The van der Waals surface area contributed by atoms with Crippen molar-refractivity contribution >= 4 is 35.0 Å². The Hall–Kier alpha value is -2.70. The van der Waals surface area contributed by atoms with Crippen LogP contribution in [0.3, 0.4) is 0 Å². The van der Waals surface area contributed by atoms with Gasteiger partial charge >= 0.3 is 0 Å². The van der Waals surface area contributed by atoms with E-state index in [0.717, 1.165) is 19.6 Å². The monoisotopic (exact) mass is 385 g/mol. The number of rotatable bonds is 6. The number of nitro benzene ring substituents is 1. The van der Waals surface area contributed by atoms with Gasteiger partial charge in [-0.05, 0) is 61.3 Å². The number of nitro groups is 1. The van der Waals surface area contributed by atoms with E-state index in [0.29, 0.717) is 11.3 Å². The molecule has 0 radical (unpaired) electrons. The summed E-state index contributed by atoms with van der Waals surface area (Å²) >= 11 is 5.78. The van der Waals surface area contributed by atoms with Gasteiger partial charge in [0.1, 0.15) is 5.02 Å². The van der Waals surface area contributed by atoms with E-state index in [1.54, 1.807) is 6.07 Å². The number of likely N-dealkylation sites (tertiary alicyclic amines) is 1. The quantitative estimate of drug-likeness (QED) is 0.451. The Balaban J connectivity index is 1.58. The van der Waals surface area contributed by atoms with E-state index in [2.05, 4.69) is 10.2 Å². The fourth-order valence-corrected chi connectivity index (χ4v) is 3.21. The number of hydrogen-bond donors (Lipinski definition) is 1. The molecule has 1 fully saturated rings. The van der Waals surface area contributed by atoms with E-state index >= 15 is 0 Å². The number of amides is 1. The highest BCUT2D eigenvalue weighted by atomic mass is 35.5. The van der Waals surface area contributed by atoms with Gasteiger partial charge in [-0.3, -0.25) is 19.8 Å². The molecule has 1 saturated heterocycles. The van der Waals surface area contributed by atoms with Crippen LogP contribution in [-0.4, -0.2) is 28.8 Å². The second kappa shape index (κ2) is 8.79. The molecule has 140 valence electrons. The highest BCUT2D eigenvalue weighted by Crippen LogP contribution is 2.25. The van der Waals surface area contributed by atoms with Gasteiger partial charge in [-0.25, -0.2) is 0 Å². The highest BCUT2D eigenvalue weighted by molar-refractivity contribution is 6.32. The third kappa shape index (κ3) is 5.39. The molecule has 1 N–H and O–H groups in total. The first kappa shape index (κ1) is 19.1. The molecule has 0 atom stereocenters. The van der Waals surface area contributed by atoms with Crippen LogP contribution in [0.1, 0.15) is 24.0 Å². The summed E-state index contributed by atoms with van der Waals surface area (Å²) in [4.78, 5) is 24.8. The summed E-state index contributed by atoms with van der Waals surface area (Å²) in [6, 6.07) is 12.2. The maximum absolute atomic E-state index is 12.1. The number of nitrogens with zero attached hydrogens (tertiary/aromatic N) is 2. The molecule has 1 amide bonds. The molecule has 7 heteroatoms. The van der Waals surface area contributed by atoms with Crippen molar-refractivity contribution in [3.05, 3.63) is 74.8 Å². The number of halogens is 1. The summed E-state index contributed by atoms with van der Waals surface area (Å²) in [6.07, 6.45) is 5.38. The largest absolute Gasteiger partial charge is 0.323 e. The lowest BCUT2D eigenvalue weighted by atomic mass is 10.2. The Bertz CT molecular complexity index is 859. The number of hydrogen-bond acceptors (Lipinski definition) is 4. The molecular formula is C20H20ClN3O3. The summed E-state index contributed by atoms with van der Waals surface area (Å²) in [5.41, 5.74) is 2.27. The van der Waals surface area contributed by atoms with Crippen LogP contribution in [0.15, 0.2) is 48.5 Å². The van der Waals surface area contributed by atoms with Gasteiger partial charge in [-0.1, -0.05) is 29.8 Å². The van der Waals surface area contributed by atoms with Gasteiger partial charge in [0.2, 0.25) is 5.91 Å². The van der Waals surface area contributed by atoms with Crippen LogP contribution in [0.4, 0.5) is 11.4 Å². The molecule has 3 rings (SSSR count). The molecule has 1 aliphatic heterocycles. The number of nitrogens with one attached hydrogen (secondary N) is 1. The third-order valence-electron chi connectivity index (χ3n) is 4.42. The van der Waals surface area contributed by atoms with Crippen LogP contribution in [0.2, 0.25) is 5.02 Å². The summed E-state index contributed by atoms with van der Waals surface area (Å²) in [5.74, 6) is -0.306. The molecule has 0 spiro atoms. The number of anilines is 1. The van der Waals surface area contributed by atoms with Crippen molar-refractivity contribution in [1.29, 1.82) is 0 Å². The topological polar surface area (TPSA) is 75.5 Å².